The molecule has 0 atom stereocenters. The van der Waals surface area contributed by atoms with Gasteiger partial charge in [0.1, 0.15) is 6.29 Å². The Bertz CT molecular complexity index is 651. The van der Waals surface area contributed by atoms with Crippen molar-refractivity contribution in [2.24, 2.45) is 0 Å². The predicted molar refractivity (Wildman–Crippen MR) is 70.2 cm³/mol. The van der Waals surface area contributed by atoms with Crippen LogP contribution in [0.5, 0.6) is 5.88 Å². The largest absolute Gasteiger partial charge is 0.478 e. The van der Waals surface area contributed by atoms with Crippen molar-refractivity contribution in [1.29, 1.82) is 0 Å². The molecule has 0 unspecified atom stereocenters. The highest BCUT2D eigenvalue weighted by Crippen LogP contribution is 2.02. The number of aromatic carboxylic acids is 1. The molecule has 0 amide bonds. The number of nitrogens with zero attached hydrogens (tertiary/aromatic N) is 1. The number of carboxylic acid groups (broad SMARTS) is 1. The lowest BCUT2D eigenvalue weighted by molar-refractivity contribution is 0.0697. The summed E-state index contributed by atoms with van der Waals surface area (Å²) >= 11 is 0. The van der Waals surface area contributed by atoms with E-state index >= 15 is 0 Å². The number of H-pyrrole nitrogens is 1. The zero-order valence-corrected chi connectivity index (χ0v) is 10.6. The normalized spacial score (nSPS) is 9.05. The maximum Gasteiger partial charge on any atom is 0.335 e. The fourth-order valence-electron chi connectivity index (χ4n) is 1.23. The van der Waals surface area contributed by atoms with Crippen LogP contribution in [0.15, 0.2) is 41.3 Å². The molecule has 2 aromatic rings. The number of aromatic amines is 1. The highest BCUT2D eigenvalue weighted by Gasteiger charge is 2.01. The number of benzene rings is 1. The SMILES string of the molecule is COc1n[nH]ccc1=O.O=Cc1cccc(C(=O)O)c1. The molecule has 2 N–H and O–H groups in total. The van der Waals surface area contributed by atoms with Crippen LogP contribution in [0.4, 0.5) is 0 Å². The van der Waals surface area contributed by atoms with Gasteiger partial charge < -0.3 is 9.84 Å². The monoisotopic (exact) mass is 276 g/mol. The molecule has 104 valence electrons. The van der Waals surface area contributed by atoms with Crippen molar-refractivity contribution >= 4 is 12.3 Å². The van der Waals surface area contributed by atoms with Gasteiger partial charge in [0.25, 0.3) is 5.88 Å². The zero-order valence-electron chi connectivity index (χ0n) is 10.6. The standard InChI is InChI=1S/C8H6O3.C5H6N2O2/c9-5-6-2-1-3-7(4-6)8(10)11;1-9-5-4(8)2-3-6-7-5/h1-5H,(H,10,11);2-3H,1H3,(H,6,8). The van der Waals surface area contributed by atoms with E-state index in [0.717, 1.165) is 0 Å². The summed E-state index contributed by atoms with van der Waals surface area (Å²) < 4.78 is 4.59. The van der Waals surface area contributed by atoms with Gasteiger partial charge in [-0.3, -0.25) is 14.7 Å². The molecule has 0 aliphatic heterocycles. The summed E-state index contributed by atoms with van der Waals surface area (Å²) in [6.45, 7) is 0. The first kappa shape index (κ1) is 15.1. The number of nitrogens with one attached hydrogen (secondary N) is 1. The highest BCUT2D eigenvalue weighted by molar-refractivity contribution is 5.90. The van der Waals surface area contributed by atoms with Crippen LogP contribution in [-0.2, 0) is 0 Å². The molecule has 1 aromatic heterocycles. The number of rotatable bonds is 3. The Balaban J connectivity index is 0.000000204. The Kier molecular flexibility index (Phi) is 5.64. The van der Waals surface area contributed by atoms with Gasteiger partial charge in [-0.05, 0) is 12.1 Å². The van der Waals surface area contributed by atoms with Gasteiger partial charge in [-0.2, -0.15) is 0 Å². The number of carbonyl (C=O) groups excluding carboxylic acids is 1. The molecule has 1 aromatic carbocycles. The van der Waals surface area contributed by atoms with Crippen molar-refractivity contribution in [2.45, 2.75) is 0 Å². The number of aldehydes is 1. The van der Waals surface area contributed by atoms with Crippen LogP contribution in [0.25, 0.3) is 0 Å². The topological polar surface area (TPSA) is 109 Å². The van der Waals surface area contributed by atoms with E-state index in [1.807, 2.05) is 0 Å². The second-order valence-electron chi connectivity index (χ2n) is 3.50. The molecule has 0 saturated heterocycles. The van der Waals surface area contributed by atoms with E-state index in [-0.39, 0.29) is 16.9 Å². The lowest BCUT2D eigenvalue weighted by atomic mass is 10.1. The van der Waals surface area contributed by atoms with Crippen LogP contribution >= 0.6 is 0 Å². The van der Waals surface area contributed by atoms with Crippen LogP contribution in [0.2, 0.25) is 0 Å². The number of hydrogen-bond donors (Lipinski definition) is 2. The molecule has 2 rings (SSSR count). The van der Waals surface area contributed by atoms with E-state index in [1.165, 1.54) is 37.6 Å². The smallest absolute Gasteiger partial charge is 0.335 e. The number of carboxylic acids is 1. The summed E-state index contributed by atoms with van der Waals surface area (Å²) in [5, 5.41) is 14.5. The first-order valence-corrected chi connectivity index (χ1v) is 5.45. The lowest BCUT2D eigenvalue weighted by Gasteiger charge is -1.92. The summed E-state index contributed by atoms with van der Waals surface area (Å²) in [5.74, 6) is -0.925. The van der Waals surface area contributed by atoms with Crippen molar-refractivity contribution < 1.29 is 19.4 Å². The summed E-state index contributed by atoms with van der Waals surface area (Å²) in [5.41, 5.74) is 0.302. The lowest BCUT2D eigenvalue weighted by Crippen LogP contribution is -2.06. The molecule has 7 heteroatoms. The van der Waals surface area contributed by atoms with Gasteiger partial charge in [0, 0.05) is 17.8 Å². The van der Waals surface area contributed by atoms with Crippen molar-refractivity contribution in [1.82, 2.24) is 10.2 Å². The molecule has 0 aliphatic rings. The molecule has 0 fully saturated rings. The molecule has 0 bridgehead atoms. The minimum Gasteiger partial charge on any atom is -0.478 e. The van der Waals surface area contributed by atoms with Crippen molar-refractivity contribution in [3.05, 3.63) is 57.9 Å². The third kappa shape index (κ3) is 4.37. The molecule has 20 heavy (non-hydrogen) atoms. The predicted octanol–water partition coefficient (Wildman–Crippen LogP) is 0.976. The second-order valence-corrected chi connectivity index (χ2v) is 3.50. The molecule has 0 radical (unpaired) electrons. The summed E-state index contributed by atoms with van der Waals surface area (Å²) in [4.78, 5) is 31.2. The van der Waals surface area contributed by atoms with Gasteiger partial charge in [0.2, 0.25) is 5.43 Å². The second kappa shape index (κ2) is 7.47. The first-order chi connectivity index (χ1) is 9.58. The quantitative estimate of drug-likeness (QED) is 0.808. The van der Waals surface area contributed by atoms with Gasteiger partial charge in [-0.15, -0.1) is 5.10 Å². The minimum atomic E-state index is -1.02. The molecule has 1 heterocycles. The van der Waals surface area contributed by atoms with E-state index in [0.29, 0.717) is 11.8 Å². The van der Waals surface area contributed by atoms with E-state index in [4.69, 9.17) is 5.11 Å². The maximum absolute atomic E-state index is 10.6. The first-order valence-electron chi connectivity index (χ1n) is 5.45. The van der Waals surface area contributed by atoms with E-state index in [1.54, 1.807) is 6.07 Å². The van der Waals surface area contributed by atoms with Crippen molar-refractivity contribution in [3.8, 4) is 5.88 Å². The van der Waals surface area contributed by atoms with Crippen LogP contribution in [-0.4, -0.2) is 34.7 Å². The van der Waals surface area contributed by atoms with Crippen LogP contribution in [0.1, 0.15) is 20.7 Å². The Morgan fingerprint density at radius 2 is 2.15 bits per heavy atom. The van der Waals surface area contributed by atoms with Gasteiger partial charge in [-0.25, -0.2) is 4.79 Å². The molecule has 0 aliphatic carbocycles. The Morgan fingerprint density at radius 3 is 2.65 bits per heavy atom. The average Bonchev–Trinajstić information content (AvgIpc) is 2.48. The molecular formula is C13H12N2O5. The molecule has 7 nitrogen and oxygen atoms in total. The summed E-state index contributed by atoms with van der Waals surface area (Å²) in [7, 11) is 1.40. The Labute approximate surface area is 113 Å². The van der Waals surface area contributed by atoms with Crippen molar-refractivity contribution in [2.75, 3.05) is 7.11 Å². The van der Waals surface area contributed by atoms with Crippen LogP contribution < -0.4 is 10.2 Å². The number of hydrogen-bond acceptors (Lipinski definition) is 5. The average molecular weight is 276 g/mol. The van der Waals surface area contributed by atoms with Crippen LogP contribution in [0, 0.1) is 0 Å². The molecular weight excluding hydrogens is 264 g/mol. The zero-order chi connectivity index (χ0) is 15.0. The van der Waals surface area contributed by atoms with Crippen LogP contribution in [0.3, 0.4) is 0 Å². The van der Waals surface area contributed by atoms with E-state index < -0.39 is 5.97 Å². The third-order valence-corrected chi connectivity index (χ3v) is 2.15. The maximum atomic E-state index is 10.6. The summed E-state index contributed by atoms with van der Waals surface area (Å²) in [6.07, 6.45) is 2.07. The van der Waals surface area contributed by atoms with Gasteiger partial charge in [0.15, 0.2) is 0 Å². The van der Waals surface area contributed by atoms with Gasteiger partial charge in [-0.1, -0.05) is 12.1 Å². The summed E-state index contributed by atoms with van der Waals surface area (Å²) in [6, 6.07) is 7.21. The number of carbonyl (C=O) groups is 2. The highest BCUT2D eigenvalue weighted by atomic mass is 16.5. The fraction of sp³-hybridized carbons (Fsp3) is 0.0769. The van der Waals surface area contributed by atoms with E-state index in [9.17, 15) is 14.4 Å². The minimum absolute atomic E-state index is 0.0949. The Hall–Kier alpha value is -2.96. The Morgan fingerprint density at radius 1 is 1.40 bits per heavy atom. The molecule has 0 saturated carbocycles. The fourth-order valence-corrected chi connectivity index (χ4v) is 1.23. The van der Waals surface area contributed by atoms with Crippen molar-refractivity contribution in [3.63, 3.8) is 0 Å². The number of ether oxygens (including phenoxy) is 1. The molecule has 0 spiro atoms. The number of aromatic nitrogens is 2. The van der Waals surface area contributed by atoms with E-state index in [2.05, 4.69) is 14.9 Å². The third-order valence-electron chi connectivity index (χ3n) is 2.15. The van der Waals surface area contributed by atoms with Gasteiger partial charge in [0.05, 0.1) is 12.7 Å². The van der Waals surface area contributed by atoms with Gasteiger partial charge >= 0.3 is 5.97 Å². The number of methoxy groups -OCH3 is 1.